The molecule has 4 heterocycles. The van der Waals surface area contributed by atoms with Gasteiger partial charge in [-0.15, -0.1) is 23.1 Å². The molecule has 0 aliphatic carbocycles. The molecule has 14 nitrogen and oxygen atoms in total. The van der Waals surface area contributed by atoms with E-state index in [1.165, 1.54) is 28.9 Å². The summed E-state index contributed by atoms with van der Waals surface area (Å²) in [4.78, 5) is 80.5. The maximum Gasteiger partial charge on any atom is 0.352 e. The molecule has 17 heteroatoms. The van der Waals surface area contributed by atoms with Crippen molar-refractivity contribution >= 4 is 63.6 Å². The number of carbonyl (C=O) groups is 4. The zero-order valence-electron chi connectivity index (χ0n) is 17.1. The Hall–Kier alpha value is -3.44. The number of hydrogen-bond acceptors (Lipinski definition) is 12. The van der Waals surface area contributed by atoms with Crippen LogP contribution >= 0.6 is 34.9 Å². The number of carboxylic acid groups (broad SMARTS) is 1. The Morgan fingerprint density at radius 2 is 2.06 bits per heavy atom. The van der Waals surface area contributed by atoms with Gasteiger partial charge in [0.15, 0.2) is 10.3 Å². The smallest absolute Gasteiger partial charge is 0.352 e. The third-order valence-corrected chi connectivity index (χ3v) is 7.95. The van der Waals surface area contributed by atoms with Crippen LogP contribution in [-0.2, 0) is 21.4 Å². The van der Waals surface area contributed by atoms with Gasteiger partial charge >= 0.3 is 17.1 Å². The summed E-state index contributed by atoms with van der Waals surface area (Å²) in [6, 6.07) is -1.08. The van der Waals surface area contributed by atoms with E-state index in [1.54, 1.807) is 0 Å². The number of nitrogen functional groups attached to an aromatic ring is 1. The number of thioether (sulfide) groups is 2. The summed E-state index contributed by atoms with van der Waals surface area (Å²) < 4.78 is 1.24. The average Bonchev–Trinajstić information content (AvgIpc) is 3.23. The van der Waals surface area contributed by atoms with E-state index < -0.39 is 46.1 Å². The molecule has 4 rings (SSSR count). The first kappa shape index (κ1) is 23.7. The molecule has 2 atom stereocenters. The second-order valence-electron chi connectivity index (χ2n) is 7.01. The number of rotatable bonds is 7. The van der Waals surface area contributed by atoms with Crippen molar-refractivity contribution < 1.29 is 24.3 Å². The summed E-state index contributed by atoms with van der Waals surface area (Å²) in [6.45, 7) is 0. The van der Waals surface area contributed by atoms with Crippen molar-refractivity contribution in [3.63, 3.8) is 0 Å². The molecule has 2 aliphatic heterocycles. The lowest BCUT2D eigenvalue weighted by atomic mass is 10.0. The van der Waals surface area contributed by atoms with Gasteiger partial charge in [0, 0.05) is 23.9 Å². The molecule has 0 spiro atoms. The Kier molecular flexibility index (Phi) is 6.32. The van der Waals surface area contributed by atoms with Crippen molar-refractivity contribution in [3.05, 3.63) is 43.1 Å². The number of nitrogens with two attached hydrogens (primary N) is 1. The number of amides is 2. The van der Waals surface area contributed by atoms with Gasteiger partial charge in [0.1, 0.15) is 22.8 Å². The van der Waals surface area contributed by atoms with Gasteiger partial charge in [0.25, 0.3) is 17.6 Å². The number of anilines is 1. The van der Waals surface area contributed by atoms with E-state index in [-0.39, 0.29) is 33.2 Å². The van der Waals surface area contributed by atoms with Crippen molar-refractivity contribution in [3.8, 4) is 0 Å². The molecule has 2 aromatic heterocycles. The molecule has 0 saturated carbocycles. The number of carboxylic acids is 1. The van der Waals surface area contributed by atoms with Crippen molar-refractivity contribution in [1.82, 2.24) is 30.0 Å². The fraction of sp³-hybridized carbons (Fsp3) is 0.294. The van der Waals surface area contributed by atoms with E-state index in [0.717, 1.165) is 28.0 Å². The van der Waals surface area contributed by atoms with Gasteiger partial charge in [0.05, 0.1) is 0 Å². The van der Waals surface area contributed by atoms with Crippen LogP contribution < -0.4 is 22.2 Å². The summed E-state index contributed by atoms with van der Waals surface area (Å²) >= 11 is 3.23. The van der Waals surface area contributed by atoms with Crippen LogP contribution in [0.15, 0.2) is 31.4 Å². The number of nitrogens with one attached hydrogen (secondary N) is 2. The van der Waals surface area contributed by atoms with Crippen LogP contribution in [0.2, 0.25) is 0 Å². The minimum atomic E-state index is -1.34. The summed E-state index contributed by atoms with van der Waals surface area (Å²) in [5.74, 6) is -3.72. The minimum Gasteiger partial charge on any atom is -0.477 e. The lowest BCUT2D eigenvalue weighted by Crippen LogP contribution is -2.71. The molecule has 2 aliphatic rings. The molecular formula is C17H15N7O7S3. The van der Waals surface area contributed by atoms with E-state index in [0.29, 0.717) is 5.57 Å². The molecule has 1 saturated heterocycles. The zero-order chi connectivity index (χ0) is 24.7. The number of thiazole rings is 1. The summed E-state index contributed by atoms with van der Waals surface area (Å²) in [5, 5.41) is 15.3. The highest BCUT2D eigenvalue weighted by Gasteiger charge is 2.54. The van der Waals surface area contributed by atoms with E-state index in [2.05, 4.69) is 20.4 Å². The molecular weight excluding hydrogens is 510 g/mol. The number of aromatic amines is 1. The highest BCUT2D eigenvalue weighted by atomic mass is 32.2. The summed E-state index contributed by atoms with van der Waals surface area (Å²) in [7, 11) is 1.47. The second kappa shape index (κ2) is 9.07. The predicted octanol–water partition coefficient (Wildman–Crippen LogP) is -1.78. The number of H-pyrrole nitrogens is 1. The quantitative estimate of drug-likeness (QED) is 0.137. The fourth-order valence-corrected chi connectivity index (χ4v) is 6.20. The number of Topliss-reactive ketones (excluding diaryl/α,β-unsaturated/α-hetero) is 1. The lowest BCUT2D eigenvalue weighted by molar-refractivity contribution is -0.150. The first-order chi connectivity index (χ1) is 16.1. The van der Waals surface area contributed by atoms with E-state index in [9.17, 15) is 33.9 Å². The molecule has 0 bridgehead atoms. The molecule has 0 aromatic carbocycles. The van der Waals surface area contributed by atoms with Crippen LogP contribution in [0, 0.1) is 0 Å². The Balaban J connectivity index is 1.49. The van der Waals surface area contributed by atoms with E-state index in [4.69, 9.17) is 5.73 Å². The molecule has 0 unspecified atom stereocenters. The van der Waals surface area contributed by atoms with Crippen LogP contribution in [0.4, 0.5) is 5.13 Å². The third kappa shape index (κ3) is 4.24. The number of β-lactam (4-membered cyclic amide) rings is 1. The van der Waals surface area contributed by atoms with Crippen LogP contribution in [-0.4, -0.2) is 76.2 Å². The van der Waals surface area contributed by atoms with Crippen molar-refractivity contribution in [2.75, 3.05) is 17.2 Å². The standard InChI is InChI=1S/C17H15N7O7S3/c1-23-17(21-11(27)12(28)22-23)34-3-5-2-32-14-7(13(29)24(14)8(5)15(30)31)20-10(26)9(25)6-4-33-16(18)19-6/h4,7,14H,2-3H2,1H3,(H2,18,19)(H,20,26)(H,22,28)(H,30,31)/t7-,14+/m1/s1. The molecule has 2 aromatic rings. The highest BCUT2D eigenvalue weighted by Crippen LogP contribution is 2.41. The lowest BCUT2D eigenvalue weighted by Gasteiger charge is -2.49. The first-order valence-corrected chi connectivity index (χ1v) is 12.3. The Morgan fingerprint density at radius 3 is 2.71 bits per heavy atom. The van der Waals surface area contributed by atoms with Gasteiger partial charge in [-0.2, -0.15) is 4.98 Å². The number of ketones is 1. The number of nitrogens with zero attached hydrogens (tertiary/aromatic N) is 4. The molecule has 2 amide bonds. The molecule has 5 N–H and O–H groups in total. The number of aliphatic carboxylic acids is 1. The van der Waals surface area contributed by atoms with E-state index >= 15 is 0 Å². The number of hydrogen-bond donors (Lipinski definition) is 4. The fourth-order valence-electron chi connectivity index (χ4n) is 3.25. The van der Waals surface area contributed by atoms with Gasteiger partial charge in [-0.05, 0) is 5.57 Å². The van der Waals surface area contributed by atoms with Crippen LogP contribution in [0.5, 0.6) is 0 Å². The van der Waals surface area contributed by atoms with Gasteiger partial charge < -0.3 is 16.2 Å². The van der Waals surface area contributed by atoms with Gasteiger partial charge in [-0.3, -0.25) is 38.7 Å². The van der Waals surface area contributed by atoms with Gasteiger partial charge in [0.2, 0.25) is 0 Å². The number of fused-ring (bicyclic) bond motifs is 1. The second-order valence-corrected chi connectivity index (χ2v) is 9.94. The highest BCUT2D eigenvalue weighted by molar-refractivity contribution is 8.01. The molecule has 34 heavy (non-hydrogen) atoms. The van der Waals surface area contributed by atoms with Gasteiger partial charge in [-0.25, -0.2) is 9.78 Å². The number of carbonyl (C=O) groups excluding carboxylic acids is 3. The molecule has 178 valence electrons. The van der Waals surface area contributed by atoms with Crippen molar-refractivity contribution in [2.24, 2.45) is 7.05 Å². The maximum atomic E-state index is 12.7. The van der Waals surface area contributed by atoms with E-state index in [1.807, 2.05) is 0 Å². The number of aromatic nitrogens is 4. The molecule has 1 fully saturated rings. The zero-order valence-corrected chi connectivity index (χ0v) is 19.6. The third-order valence-electron chi connectivity index (χ3n) is 4.82. The van der Waals surface area contributed by atoms with Crippen molar-refractivity contribution in [2.45, 2.75) is 16.6 Å². The monoisotopic (exact) mass is 525 g/mol. The van der Waals surface area contributed by atoms with Gasteiger partial charge in [-0.1, -0.05) is 11.8 Å². The minimum absolute atomic E-state index is 0.0816. The summed E-state index contributed by atoms with van der Waals surface area (Å²) in [5.41, 5.74) is 3.62. The first-order valence-electron chi connectivity index (χ1n) is 9.34. The SMILES string of the molecule is Cn1[nH]c(=O)c(=O)nc1SCC1=C(C(=O)O)N2C(=O)[C@@H](NC(=O)C(=O)c3csc(N)n3)[C@@H]2SC1. The molecule has 0 radical (unpaired) electrons. The Bertz CT molecular complexity index is 1380. The predicted molar refractivity (Wildman–Crippen MR) is 121 cm³/mol. The summed E-state index contributed by atoms with van der Waals surface area (Å²) in [6.07, 6.45) is 0. The largest absolute Gasteiger partial charge is 0.477 e. The average molecular weight is 526 g/mol. The van der Waals surface area contributed by atoms with Crippen LogP contribution in [0.3, 0.4) is 0 Å². The Labute approximate surface area is 201 Å². The van der Waals surface area contributed by atoms with Crippen molar-refractivity contribution in [1.29, 1.82) is 0 Å². The normalized spacial score (nSPS) is 19.4. The number of aryl methyl sites for hydroxylation is 1. The van der Waals surface area contributed by atoms with Crippen LogP contribution in [0.1, 0.15) is 10.5 Å². The maximum absolute atomic E-state index is 12.7. The Morgan fingerprint density at radius 1 is 1.32 bits per heavy atom. The topological polar surface area (TPSA) is 210 Å². The van der Waals surface area contributed by atoms with Crippen LogP contribution in [0.25, 0.3) is 0 Å².